The van der Waals surface area contributed by atoms with Crippen LogP contribution < -0.4 is 5.73 Å². The van der Waals surface area contributed by atoms with Crippen LogP contribution in [0.3, 0.4) is 0 Å². The third-order valence-electron chi connectivity index (χ3n) is 1.87. The Balaban J connectivity index is 2.58. The van der Waals surface area contributed by atoms with Crippen LogP contribution in [0.15, 0.2) is 6.33 Å². The Bertz CT molecular complexity index is 287. The normalized spacial score (nSPS) is 21.7. The van der Waals surface area contributed by atoms with E-state index in [4.69, 9.17) is 10.5 Å². The van der Waals surface area contributed by atoms with Crippen LogP contribution in [0.5, 0.6) is 0 Å². The number of hydrogen-bond acceptors (Lipinski definition) is 4. The van der Waals surface area contributed by atoms with E-state index in [1.54, 1.807) is 0 Å². The van der Waals surface area contributed by atoms with Gasteiger partial charge in [0, 0.05) is 5.56 Å². The molecule has 1 aromatic rings. The number of fused-ring (bicyclic) bond motifs is 1. The topological polar surface area (TPSA) is 61.0 Å². The van der Waals surface area contributed by atoms with E-state index in [9.17, 15) is 0 Å². The van der Waals surface area contributed by atoms with Gasteiger partial charge in [0.15, 0.2) is 0 Å². The summed E-state index contributed by atoms with van der Waals surface area (Å²) < 4.78 is 5.32. The van der Waals surface area contributed by atoms with Crippen molar-refractivity contribution in [1.82, 2.24) is 9.97 Å². The zero-order valence-corrected chi connectivity index (χ0v) is 6.24. The van der Waals surface area contributed by atoms with E-state index < -0.39 is 0 Å². The van der Waals surface area contributed by atoms with E-state index >= 15 is 0 Å². The summed E-state index contributed by atoms with van der Waals surface area (Å²) in [5.41, 5.74) is 7.50. The van der Waals surface area contributed by atoms with E-state index in [2.05, 4.69) is 9.97 Å². The summed E-state index contributed by atoms with van der Waals surface area (Å²) in [6.45, 7) is 2.51. The van der Waals surface area contributed by atoms with Gasteiger partial charge in [-0.1, -0.05) is 0 Å². The number of ether oxygens (including phenoxy) is 1. The van der Waals surface area contributed by atoms with Crippen LogP contribution in [0.4, 0.5) is 5.82 Å². The molecule has 0 aromatic carbocycles. The van der Waals surface area contributed by atoms with Crippen molar-refractivity contribution in [1.29, 1.82) is 0 Å². The van der Waals surface area contributed by atoms with Gasteiger partial charge in [-0.3, -0.25) is 0 Å². The summed E-state index contributed by atoms with van der Waals surface area (Å²) in [6.07, 6.45) is 1.52. The van der Waals surface area contributed by atoms with Gasteiger partial charge in [-0.25, -0.2) is 9.97 Å². The number of nitrogens with two attached hydrogens (primary N) is 1. The van der Waals surface area contributed by atoms with Crippen molar-refractivity contribution < 1.29 is 4.74 Å². The van der Waals surface area contributed by atoms with Gasteiger partial charge in [0.1, 0.15) is 12.1 Å². The standard InChI is InChI=1S/C7H9N3O/c1-4-6-5(2-11-4)9-3-10-7(6)8/h3-4H,2H2,1H3,(H2,8,9,10). The molecule has 1 unspecified atom stereocenters. The van der Waals surface area contributed by atoms with Crippen LogP contribution >= 0.6 is 0 Å². The van der Waals surface area contributed by atoms with Crippen LogP contribution in [0.25, 0.3) is 0 Å². The van der Waals surface area contributed by atoms with Crippen LogP contribution in [-0.4, -0.2) is 9.97 Å². The van der Waals surface area contributed by atoms with E-state index in [-0.39, 0.29) is 6.10 Å². The van der Waals surface area contributed by atoms with E-state index in [0.717, 1.165) is 11.3 Å². The van der Waals surface area contributed by atoms with Gasteiger partial charge in [0.2, 0.25) is 0 Å². The Kier molecular flexibility index (Phi) is 1.29. The van der Waals surface area contributed by atoms with E-state index in [0.29, 0.717) is 12.4 Å². The monoisotopic (exact) mass is 151 g/mol. The Morgan fingerprint density at radius 3 is 3.18 bits per heavy atom. The zero-order valence-electron chi connectivity index (χ0n) is 6.24. The highest BCUT2D eigenvalue weighted by Crippen LogP contribution is 2.31. The van der Waals surface area contributed by atoms with Gasteiger partial charge in [0.25, 0.3) is 0 Å². The lowest BCUT2D eigenvalue weighted by atomic mass is 10.1. The maximum absolute atomic E-state index is 5.63. The van der Waals surface area contributed by atoms with Gasteiger partial charge >= 0.3 is 0 Å². The van der Waals surface area contributed by atoms with Crippen molar-refractivity contribution >= 4 is 5.82 Å². The van der Waals surface area contributed by atoms with Gasteiger partial charge in [-0.15, -0.1) is 0 Å². The molecule has 58 valence electrons. The fourth-order valence-corrected chi connectivity index (χ4v) is 1.29. The predicted octanol–water partition coefficient (Wildman–Crippen LogP) is 0.650. The molecule has 2 N–H and O–H groups in total. The maximum atomic E-state index is 5.63. The van der Waals surface area contributed by atoms with Crippen LogP contribution in [0.1, 0.15) is 24.3 Å². The van der Waals surface area contributed by atoms with Crippen molar-refractivity contribution in [3.63, 3.8) is 0 Å². The Morgan fingerprint density at radius 1 is 1.64 bits per heavy atom. The van der Waals surface area contributed by atoms with Crippen LogP contribution in [0.2, 0.25) is 0 Å². The molecule has 4 nitrogen and oxygen atoms in total. The van der Waals surface area contributed by atoms with E-state index in [1.807, 2.05) is 6.92 Å². The molecule has 2 heterocycles. The van der Waals surface area contributed by atoms with Crippen molar-refractivity contribution in [3.8, 4) is 0 Å². The van der Waals surface area contributed by atoms with Gasteiger partial charge in [0.05, 0.1) is 18.4 Å². The van der Waals surface area contributed by atoms with Crippen molar-refractivity contribution in [2.45, 2.75) is 19.6 Å². The number of rotatable bonds is 0. The fourth-order valence-electron chi connectivity index (χ4n) is 1.29. The maximum Gasteiger partial charge on any atom is 0.132 e. The smallest absolute Gasteiger partial charge is 0.132 e. The third-order valence-corrected chi connectivity index (χ3v) is 1.87. The molecule has 0 radical (unpaired) electrons. The first-order valence-electron chi connectivity index (χ1n) is 3.50. The second-order valence-electron chi connectivity index (χ2n) is 2.57. The number of nitrogens with zero attached hydrogens (tertiary/aromatic N) is 2. The molecule has 0 amide bonds. The summed E-state index contributed by atoms with van der Waals surface area (Å²) in [5, 5.41) is 0. The lowest BCUT2D eigenvalue weighted by molar-refractivity contribution is 0.0789. The highest BCUT2D eigenvalue weighted by Gasteiger charge is 2.23. The molecule has 0 saturated heterocycles. The minimum Gasteiger partial charge on any atom is -0.383 e. The minimum absolute atomic E-state index is 0.0474. The summed E-state index contributed by atoms with van der Waals surface area (Å²) in [5.74, 6) is 0.542. The Labute approximate surface area is 64.4 Å². The predicted molar refractivity (Wildman–Crippen MR) is 39.6 cm³/mol. The average Bonchev–Trinajstić information content (AvgIpc) is 2.34. The molecule has 11 heavy (non-hydrogen) atoms. The number of hydrogen-bond donors (Lipinski definition) is 1. The first-order valence-corrected chi connectivity index (χ1v) is 3.50. The largest absolute Gasteiger partial charge is 0.383 e. The van der Waals surface area contributed by atoms with Crippen molar-refractivity contribution in [2.75, 3.05) is 5.73 Å². The van der Waals surface area contributed by atoms with Gasteiger partial charge in [-0.2, -0.15) is 0 Å². The highest BCUT2D eigenvalue weighted by atomic mass is 16.5. The molecule has 0 bridgehead atoms. The first-order chi connectivity index (χ1) is 5.29. The molecule has 0 spiro atoms. The van der Waals surface area contributed by atoms with Crippen LogP contribution in [0, 0.1) is 0 Å². The zero-order chi connectivity index (χ0) is 7.84. The third kappa shape index (κ3) is 0.867. The van der Waals surface area contributed by atoms with Gasteiger partial charge in [-0.05, 0) is 6.92 Å². The summed E-state index contributed by atoms with van der Waals surface area (Å²) in [6, 6.07) is 0. The second kappa shape index (κ2) is 2.17. The summed E-state index contributed by atoms with van der Waals surface area (Å²) >= 11 is 0. The minimum atomic E-state index is 0.0474. The molecule has 1 aliphatic heterocycles. The summed E-state index contributed by atoms with van der Waals surface area (Å²) in [4.78, 5) is 7.94. The molecule has 0 saturated carbocycles. The Morgan fingerprint density at radius 2 is 2.45 bits per heavy atom. The molecule has 2 rings (SSSR count). The van der Waals surface area contributed by atoms with Crippen LogP contribution in [-0.2, 0) is 11.3 Å². The molecular weight excluding hydrogens is 142 g/mol. The fraction of sp³-hybridized carbons (Fsp3) is 0.429. The molecular formula is C7H9N3O. The molecule has 1 atom stereocenters. The van der Waals surface area contributed by atoms with Gasteiger partial charge < -0.3 is 10.5 Å². The first kappa shape index (κ1) is 6.54. The Hall–Kier alpha value is -1.16. The highest BCUT2D eigenvalue weighted by molar-refractivity contribution is 5.44. The van der Waals surface area contributed by atoms with Crippen molar-refractivity contribution in [2.24, 2.45) is 0 Å². The SMILES string of the molecule is CC1OCc2ncnc(N)c21. The lowest BCUT2D eigenvalue weighted by Crippen LogP contribution is -2.00. The van der Waals surface area contributed by atoms with Crippen molar-refractivity contribution in [3.05, 3.63) is 17.6 Å². The molecule has 4 heteroatoms. The average molecular weight is 151 g/mol. The van der Waals surface area contributed by atoms with E-state index in [1.165, 1.54) is 6.33 Å². The quantitative estimate of drug-likeness (QED) is 0.591. The molecule has 1 aromatic heterocycles. The molecule has 1 aliphatic rings. The molecule has 0 fully saturated rings. The second-order valence-corrected chi connectivity index (χ2v) is 2.57. The molecule has 0 aliphatic carbocycles. The number of aromatic nitrogens is 2. The number of nitrogen functional groups attached to an aromatic ring is 1. The summed E-state index contributed by atoms with van der Waals surface area (Å²) in [7, 11) is 0. The lowest BCUT2D eigenvalue weighted by Gasteiger charge is -2.03. The number of anilines is 1.